The lowest BCUT2D eigenvalue weighted by molar-refractivity contribution is -0.136. The summed E-state index contributed by atoms with van der Waals surface area (Å²) in [6, 6.07) is 24.3. The number of hydrogen-bond donors (Lipinski definition) is 1. The van der Waals surface area contributed by atoms with Crippen molar-refractivity contribution in [2.75, 3.05) is 19.1 Å². The molecule has 30 heavy (non-hydrogen) atoms. The number of carboxylic acid groups (broad SMARTS) is 1. The molecule has 0 unspecified atom stereocenters. The first-order valence-corrected chi connectivity index (χ1v) is 9.80. The Morgan fingerprint density at radius 3 is 2.50 bits per heavy atom. The summed E-state index contributed by atoms with van der Waals surface area (Å²) < 4.78 is 7.37. The molecule has 1 aromatic heterocycles. The molecule has 5 heteroatoms. The fraction of sp³-hybridized carbons (Fsp3) is 0.160. The van der Waals surface area contributed by atoms with E-state index in [4.69, 9.17) is 4.74 Å². The van der Waals surface area contributed by atoms with Gasteiger partial charge in [0.2, 0.25) is 0 Å². The van der Waals surface area contributed by atoms with Gasteiger partial charge in [-0.1, -0.05) is 30.3 Å². The molecule has 152 valence electrons. The second-order valence-electron chi connectivity index (χ2n) is 7.30. The number of aromatic nitrogens is 1. The minimum atomic E-state index is -0.819. The molecule has 0 radical (unpaired) electrons. The van der Waals surface area contributed by atoms with Crippen LogP contribution in [0.25, 0.3) is 10.9 Å². The average molecular weight is 400 g/mol. The molecule has 0 saturated heterocycles. The van der Waals surface area contributed by atoms with E-state index in [-0.39, 0.29) is 6.42 Å². The summed E-state index contributed by atoms with van der Waals surface area (Å²) in [4.78, 5) is 13.4. The maximum Gasteiger partial charge on any atom is 0.307 e. The van der Waals surface area contributed by atoms with E-state index in [1.54, 1.807) is 7.11 Å². The molecule has 1 N–H and O–H groups in total. The van der Waals surface area contributed by atoms with Crippen LogP contribution >= 0.6 is 0 Å². The van der Waals surface area contributed by atoms with Crippen molar-refractivity contribution in [3.05, 3.63) is 90.1 Å². The smallest absolute Gasteiger partial charge is 0.307 e. The van der Waals surface area contributed by atoms with Crippen molar-refractivity contribution in [2.24, 2.45) is 0 Å². The number of carbonyl (C=O) groups is 1. The fourth-order valence-corrected chi connectivity index (χ4v) is 3.77. The zero-order valence-electron chi connectivity index (χ0n) is 17.1. The molecule has 0 saturated carbocycles. The highest BCUT2D eigenvalue weighted by molar-refractivity contribution is 5.87. The number of para-hydroxylation sites is 1. The number of aliphatic carboxylic acids is 1. The van der Waals surface area contributed by atoms with Gasteiger partial charge in [0.1, 0.15) is 5.75 Å². The number of rotatable bonds is 7. The van der Waals surface area contributed by atoms with Crippen LogP contribution in [0.1, 0.15) is 11.1 Å². The Labute approximate surface area is 175 Å². The quantitative estimate of drug-likeness (QED) is 0.469. The summed E-state index contributed by atoms with van der Waals surface area (Å²) in [6.45, 7) is 0.671. The second kappa shape index (κ2) is 8.33. The average Bonchev–Trinajstić information content (AvgIpc) is 3.10. The molecule has 3 aromatic carbocycles. The highest BCUT2D eigenvalue weighted by Crippen LogP contribution is 2.28. The lowest BCUT2D eigenvalue weighted by Gasteiger charge is -2.20. The van der Waals surface area contributed by atoms with Gasteiger partial charge in [-0.2, -0.15) is 0 Å². The summed E-state index contributed by atoms with van der Waals surface area (Å²) in [7, 11) is 3.70. The zero-order chi connectivity index (χ0) is 21.1. The molecular formula is C25H24N2O3. The van der Waals surface area contributed by atoms with Gasteiger partial charge in [-0.25, -0.2) is 0 Å². The molecule has 0 spiro atoms. The monoisotopic (exact) mass is 400 g/mol. The molecule has 4 rings (SSSR count). The summed E-state index contributed by atoms with van der Waals surface area (Å²) in [5, 5.41) is 10.2. The highest BCUT2D eigenvalue weighted by atomic mass is 16.5. The van der Waals surface area contributed by atoms with Gasteiger partial charge in [0.25, 0.3) is 0 Å². The number of methoxy groups -OCH3 is 1. The van der Waals surface area contributed by atoms with Gasteiger partial charge in [0, 0.05) is 42.1 Å². The normalized spacial score (nSPS) is 10.9. The van der Waals surface area contributed by atoms with Crippen molar-refractivity contribution in [2.45, 2.75) is 13.0 Å². The van der Waals surface area contributed by atoms with Crippen LogP contribution in [0.2, 0.25) is 0 Å². The maximum absolute atomic E-state index is 11.3. The van der Waals surface area contributed by atoms with Gasteiger partial charge in [-0.3, -0.25) is 4.79 Å². The zero-order valence-corrected chi connectivity index (χ0v) is 17.1. The number of anilines is 2. The second-order valence-corrected chi connectivity index (χ2v) is 7.30. The minimum Gasteiger partial charge on any atom is -0.497 e. The van der Waals surface area contributed by atoms with Crippen molar-refractivity contribution in [1.82, 2.24) is 4.57 Å². The Bertz CT molecular complexity index is 1180. The van der Waals surface area contributed by atoms with Crippen molar-refractivity contribution < 1.29 is 14.6 Å². The van der Waals surface area contributed by atoms with E-state index < -0.39 is 5.97 Å². The third-order valence-electron chi connectivity index (χ3n) is 5.32. The van der Waals surface area contributed by atoms with Crippen LogP contribution < -0.4 is 9.64 Å². The summed E-state index contributed by atoms with van der Waals surface area (Å²) in [5.74, 6) is 0.0126. The molecule has 0 fully saturated rings. The minimum absolute atomic E-state index is 0.0216. The van der Waals surface area contributed by atoms with E-state index in [0.717, 1.165) is 39.2 Å². The Hall–Kier alpha value is -3.73. The molecule has 0 atom stereocenters. The van der Waals surface area contributed by atoms with Gasteiger partial charge in [0.15, 0.2) is 0 Å². The molecule has 5 nitrogen and oxygen atoms in total. The lowest BCUT2D eigenvalue weighted by atomic mass is 10.1. The van der Waals surface area contributed by atoms with Crippen molar-refractivity contribution in [1.29, 1.82) is 0 Å². The number of benzene rings is 3. The Balaban J connectivity index is 1.62. The van der Waals surface area contributed by atoms with Crippen molar-refractivity contribution in [3.63, 3.8) is 0 Å². The molecule has 1 heterocycles. The van der Waals surface area contributed by atoms with E-state index in [0.29, 0.717) is 6.54 Å². The highest BCUT2D eigenvalue weighted by Gasteiger charge is 2.12. The Morgan fingerprint density at radius 1 is 1.00 bits per heavy atom. The molecule has 0 aliphatic rings. The van der Waals surface area contributed by atoms with Crippen molar-refractivity contribution in [3.8, 4) is 5.75 Å². The molecule has 0 aliphatic carbocycles. The van der Waals surface area contributed by atoms with Crippen LogP contribution in [0.4, 0.5) is 11.4 Å². The van der Waals surface area contributed by atoms with Crippen LogP contribution in [0.5, 0.6) is 5.75 Å². The van der Waals surface area contributed by atoms with Crippen LogP contribution in [0.3, 0.4) is 0 Å². The lowest BCUT2D eigenvalue weighted by Crippen LogP contribution is -2.10. The van der Waals surface area contributed by atoms with Crippen LogP contribution in [-0.2, 0) is 17.8 Å². The van der Waals surface area contributed by atoms with Crippen molar-refractivity contribution >= 4 is 28.2 Å². The topological polar surface area (TPSA) is 54.7 Å². The number of fused-ring (bicyclic) bond motifs is 1. The fourth-order valence-electron chi connectivity index (χ4n) is 3.77. The maximum atomic E-state index is 11.3. The number of ether oxygens (including phenoxy) is 1. The third-order valence-corrected chi connectivity index (χ3v) is 5.32. The predicted molar refractivity (Wildman–Crippen MR) is 120 cm³/mol. The standard InChI is InChI=1S/C25H24N2O3/c1-26(20-10-12-22(30-2)13-11-20)21-7-5-6-18(14-21)16-27-17-19(15-25(28)29)23-8-3-4-9-24(23)27/h3-14,17H,15-16H2,1-2H3,(H,28,29). The van der Waals surface area contributed by atoms with Gasteiger partial charge in [-0.15, -0.1) is 0 Å². The SMILES string of the molecule is COc1ccc(N(C)c2cccc(Cn3cc(CC(=O)O)c4ccccc43)c2)cc1. The molecule has 0 amide bonds. The first kappa shape index (κ1) is 19.6. The van der Waals surface area contributed by atoms with E-state index >= 15 is 0 Å². The van der Waals surface area contributed by atoms with E-state index in [2.05, 4.69) is 33.7 Å². The molecular weight excluding hydrogens is 376 g/mol. The molecule has 0 aliphatic heterocycles. The Morgan fingerprint density at radius 2 is 1.77 bits per heavy atom. The van der Waals surface area contributed by atoms with E-state index in [1.165, 1.54) is 0 Å². The first-order valence-electron chi connectivity index (χ1n) is 9.80. The van der Waals surface area contributed by atoms with E-state index in [9.17, 15) is 9.90 Å². The summed E-state index contributed by atoms with van der Waals surface area (Å²) in [5.41, 5.74) is 5.19. The number of nitrogens with zero attached hydrogens (tertiary/aromatic N) is 2. The summed E-state index contributed by atoms with van der Waals surface area (Å²) in [6.07, 6.45) is 1.98. The van der Waals surface area contributed by atoms with E-state index in [1.807, 2.05) is 61.8 Å². The third kappa shape index (κ3) is 4.01. The largest absolute Gasteiger partial charge is 0.497 e. The molecule has 0 bridgehead atoms. The Kier molecular flexibility index (Phi) is 5.44. The van der Waals surface area contributed by atoms with Crippen LogP contribution in [-0.4, -0.2) is 29.8 Å². The van der Waals surface area contributed by atoms with Gasteiger partial charge in [-0.05, 0) is 53.6 Å². The summed E-state index contributed by atoms with van der Waals surface area (Å²) >= 11 is 0. The van der Waals surface area contributed by atoms with Crippen LogP contribution in [0, 0.1) is 0 Å². The van der Waals surface area contributed by atoms with Gasteiger partial charge < -0.3 is 19.3 Å². The number of carboxylic acids is 1. The predicted octanol–water partition coefficient (Wildman–Crippen LogP) is 5.09. The molecule has 4 aromatic rings. The van der Waals surface area contributed by atoms with Crippen LogP contribution in [0.15, 0.2) is 79.0 Å². The first-order chi connectivity index (χ1) is 14.5. The van der Waals surface area contributed by atoms with Gasteiger partial charge in [0.05, 0.1) is 13.5 Å². The number of hydrogen-bond acceptors (Lipinski definition) is 3. The van der Waals surface area contributed by atoms with Gasteiger partial charge >= 0.3 is 5.97 Å².